The average molecular weight is 206 g/mol. The Bertz CT molecular complexity index is 371. The van der Waals surface area contributed by atoms with Gasteiger partial charge in [-0.05, 0) is 36.4 Å². The van der Waals surface area contributed by atoms with Gasteiger partial charge in [0.15, 0.2) is 0 Å². The first-order chi connectivity index (χ1) is 6.20. The predicted molar refractivity (Wildman–Crippen MR) is 64.4 cm³/mol. The third-order valence-electron chi connectivity index (χ3n) is 2.92. The van der Waals surface area contributed by atoms with E-state index in [9.17, 15) is 0 Å². The van der Waals surface area contributed by atoms with Crippen molar-refractivity contribution >= 4 is 27.2 Å². The Morgan fingerprint density at radius 1 is 1.38 bits per heavy atom. The van der Waals surface area contributed by atoms with Gasteiger partial charge >= 0.3 is 0 Å². The van der Waals surface area contributed by atoms with Crippen LogP contribution < -0.4 is 0 Å². The molecule has 0 aliphatic heterocycles. The molecule has 0 amide bonds. The molecule has 0 fully saturated rings. The first-order valence-corrected chi connectivity index (χ1v) is 6.66. The van der Waals surface area contributed by atoms with Crippen LogP contribution >= 0.6 is 11.3 Å². The van der Waals surface area contributed by atoms with Gasteiger partial charge in [0.1, 0.15) is 0 Å². The molecule has 13 heavy (non-hydrogen) atoms. The largest absolute Gasteiger partial charge is 0.144 e. The van der Waals surface area contributed by atoms with Crippen molar-refractivity contribution in [3.8, 4) is 0 Å². The minimum Gasteiger partial charge on any atom is -0.144 e. The monoisotopic (exact) mass is 206 g/mol. The molecule has 1 aromatic heterocycles. The number of rotatable bonds is 1. The molecule has 1 heterocycles. The Hall–Kier alpha value is -0.603. The van der Waals surface area contributed by atoms with Gasteiger partial charge in [0.05, 0.1) is 0 Å². The van der Waals surface area contributed by atoms with Gasteiger partial charge in [0, 0.05) is 15.1 Å². The predicted octanol–water partition coefficient (Wildman–Crippen LogP) is 2.64. The van der Waals surface area contributed by atoms with Crippen LogP contribution in [-0.2, 0) is 0 Å². The van der Waals surface area contributed by atoms with E-state index in [0.717, 1.165) is 5.54 Å². The van der Waals surface area contributed by atoms with Crippen LogP contribution in [0.1, 0.15) is 18.7 Å². The van der Waals surface area contributed by atoms with E-state index < -0.39 is 0 Å². The molecule has 0 saturated carbocycles. The molecular formula is C11H14SSi. The summed E-state index contributed by atoms with van der Waals surface area (Å²) in [7, 11) is 1.23. The van der Waals surface area contributed by atoms with Crippen LogP contribution in [0.15, 0.2) is 34.7 Å². The molecule has 0 radical (unpaired) electrons. The van der Waals surface area contributed by atoms with Crippen LogP contribution in [0.25, 0.3) is 5.57 Å². The van der Waals surface area contributed by atoms with Crippen molar-refractivity contribution in [3.63, 3.8) is 0 Å². The molecule has 2 rings (SSSR count). The minimum absolute atomic E-state index is 0.749. The smallest absolute Gasteiger partial charge is 0.0305 e. The van der Waals surface area contributed by atoms with Gasteiger partial charge in [-0.1, -0.05) is 23.3 Å². The lowest BCUT2D eigenvalue weighted by Crippen LogP contribution is -1.92. The van der Waals surface area contributed by atoms with Gasteiger partial charge in [-0.2, -0.15) is 0 Å². The molecule has 1 unspecified atom stereocenters. The molecule has 0 aromatic carbocycles. The highest BCUT2D eigenvalue weighted by Gasteiger charge is 2.20. The minimum atomic E-state index is 0.749. The highest BCUT2D eigenvalue weighted by molar-refractivity contribution is 7.11. The lowest BCUT2D eigenvalue weighted by molar-refractivity contribution is 1.22. The first-order valence-electron chi connectivity index (χ1n) is 4.63. The summed E-state index contributed by atoms with van der Waals surface area (Å²) in [6.07, 6.45) is 2.36. The maximum atomic E-state index is 2.36. The van der Waals surface area contributed by atoms with Crippen molar-refractivity contribution in [3.05, 3.63) is 39.6 Å². The molecule has 2 heteroatoms. The topological polar surface area (TPSA) is 0 Å². The summed E-state index contributed by atoms with van der Waals surface area (Å²) >= 11 is 1.86. The second-order valence-electron chi connectivity index (χ2n) is 3.66. The Morgan fingerprint density at radius 2 is 2.15 bits per heavy atom. The van der Waals surface area contributed by atoms with Crippen LogP contribution in [0.4, 0.5) is 0 Å². The van der Waals surface area contributed by atoms with Gasteiger partial charge in [-0.25, -0.2) is 0 Å². The number of hydrogen-bond donors (Lipinski definition) is 0. The second-order valence-corrected chi connectivity index (χ2v) is 5.77. The molecule has 0 bridgehead atoms. The standard InChI is InChI=1S/C11H14SSi/c1-7-6-9(11(13)8(7)2)10-4-3-5-12-10/h3-6,11H,1-2,13H3. The maximum absolute atomic E-state index is 2.36. The molecule has 0 saturated heterocycles. The fraction of sp³-hybridized carbons (Fsp3) is 0.273. The Morgan fingerprint density at radius 3 is 2.62 bits per heavy atom. The molecule has 0 spiro atoms. The number of allylic oxidation sites excluding steroid dienone is 4. The van der Waals surface area contributed by atoms with E-state index in [1.54, 1.807) is 11.1 Å². The van der Waals surface area contributed by atoms with Crippen LogP contribution in [0.3, 0.4) is 0 Å². The van der Waals surface area contributed by atoms with E-state index in [4.69, 9.17) is 0 Å². The zero-order chi connectivity index (χ0) is 9.42. The second kappa shape index (κ2) is 3.27. The average Bonchev–Trinajstić information content (AvgIpc) is 2.70. The van der Waals surface area contributed by atoms with E-state index in [2.05, 4.69) is 37.4 Å². The van der Waals surface area contributed by atoms with E-state index in [-0.39, 0.29) is 0 Å². The Balaban J connectivity index is 2.37. The summed E-state index contributed by atoms with van der Waals surface area (Å²) in [6, 6.07) is 4.37. The lowest BCUT2D eigenvalue weighted by Gasteiger charge is -2.09. The van der Waals surface area contributed by atoms with Crippen molar-refractivity contribution < 1.29 is 0 Å². The van der Waals surface area contributed by atoms with Gasteiger partial charge in [0.2, 0.25) is 0 Å². The normalized spacial score (nSPS) is 22.6. The van der Waals surface area contributed by atoms with Crippen molar-refractivity contribution in [1.82, 2.24) is 0 Å². The van der Waals surface area contributed by atoms with Crippen LogP contribution in [0, 0.1) is 0 Å². The first kappa shape index (κ1) is 8.97. The van der Waals surface area contributed by atoms with Gasteiger partial charge in [-0.3, -0.25) is 0 Å². The number of hydrogen-bond acceptors (Lipinski definition) is 1. The zero-order valence-corrected chi connectivity index (χ0v) is 11.1. The van der Waals surface area contributed by atoms with E-state index in [1.807, 2.05) is 11.3 Å². The summed E-state index contributed by atoms with van der Waals surface area (Å²) in [5, 5.41) is 2.16. The number of thiophene rings is 1. The van der Waals surface area contributed by atoms with Gasteiger partial charge < -0.3 is 0 Å². The van der Waals surface area contributed by atoms with Crippen LogP contribution in [0.2, 0.25) is 5.54 Å². The van der Waals surface area contributed by atoms with Crippen LogP contribution in [-0.4, -0.2) is 10.2 Å². The molecular weight excluding hydrogens is 192 g/mol. The van der Waals surface area contributed by atoms with E-state index >= 15 is 0 Å². The molecule has 0 nitrogen and oxygen atoms in total. The fourth-order valence-electron chi connectivity index (χ4n) is 1.77. The van der Waals surface area contributed by atoms with Crippen molar-refractivity contribution in [1.29, 1.82) is 0 Å². The SMILES string of the molecule is CC1=C(C)C([SiH3])C(c2cccs2)=C1. The summed E-state index contributed by atoms with van der Waals surface area (Å²) in [5.74, 6) is 0. The highest BCUT2D eigenvalue weighted by atomic mass is 32.1. The summed E-state index contributed by atoms with van der Waals surface area (Å²) in [6.45, 7) is 4.49. The summed E-state index contributed by atoms with van der Waals surface area (Å²) in [4.78, 5) is 1.45. The van der Waals surface area contributed by atoms with E-state index in [0.29, 0.717) is 0 Å². The van der Waals surface area contributed by atoms with Crippen molar-refractivity contribution in [2.24, 2.45) is 0 Å². The molecule has 1 aliphatic carbocycles. The zero-order valence-electron chi connectivity index (χ0n) is 8.29. The Kier molecular flexibility index (Phi) is 2.26. The van der Waals surface area contributed by atoms with Crippen molar-refractivity contribution in [2.75, 3.05) is 0 Å². The maximum Gasteiger partial charge on any atom is 0.0305 e. The summed E-state index contributed by atoms with van der Waals surface area (Å²) in [5.41, 5.74) is 5.36. The molecule has 0 N–H and O–H groups in total. The molecule has 1 aromatic rings. The Labute approximate surface area is 86.4 Å². The van der Waals surface area contributed by atoms with Gasteiger partial charge in [-0.15, -0.1) is 11.3 Å². The molecule has 1 aliphatic rings. The highest BCUT2D eigenvalue weighted by Crippen LogP contribution is 2.41. The third kappa shape index (κ3) is 1.44. The molecule has 1 atom stereocenters. The fourth-order valence-corrected chi connectivity index (χ4v) is 3.75. The van der Waals surface area contributed by atoms with Gasteiger partial charge in [0.25, 0.3) is 0 Å². The lowest BCUT2D eigenvalue weighted by atomic mass is 10.1. The van der Waals surface area contributed by atoms with E-state index in [1.165, 1.54) is 20.7 Å². The molecule has 68 valence electrons. The summed E-state index contributed by atoms with van der Waals surface area (Å²) < 4.78 is 0. The quantitative estimate of drug-likeness (QED) is 0.620. The van der Waals surface area contributed by atoms with Crippen LogP contribution in [0.5, 0.6) is 0 Å². The third-order valence-corrected chi connectivity index (χ3v) is 5.32. The van der Waals surface area contributed by atoms with Crippen molar-refractivity contribution in [2.45, 2.75) is 19.4 Å².